The molecule has 162 valence electrons. The van der Waals surface area contributed by atoms with Gasteiger partial charge >= 0.3 is 0 Å². The molecule has 0 atom stereocenters. The molecular weight excluding hydrogens is 479 g/mol. The second-order valence-electron chi connectivity index (χ2n) is 7.09. The summed E-state index contributed by atoms with van der Waals surface area (Å²) in [5.74, 6) is -0.430. The Kier molecular flexibility index (Phi) is 5.68. The van der Waals surface area contributed by atoms with Crippen molar-refractivity contribution < 1.29 is 9.59 Å². The minimum absolute atomic E-state index is 0.118. The van der Waals surface area contributed by atoms with Crippen LogP contribution in [0.3, 0.4) is 0 Å². The molecule has 9 heteroatoms. The smallest absolute Gasteiger partial charge is 0.255 e. The van der Waals surface area contributed by atoms with Crippen LogP contribution in [0.25, 0.3) is 16.9 Å². The molecule has 0 bridgehead atoms. The van der Waals surface area contributed by atoms with Gasteiger partial charge in [-0.1, -0.05) is 41.4 Å². The number of amides is 1. The lowest BCUT2D eigenvalue weighted by molar-refractivity contribution is 0.102. The van der Waals surface area contributed by atoms with E-state index in [4.69, 9.17) is 23.2 Å². The zero-order valence-electron chi connectivity index (χ0n) is 16.8. The van der Waals surface area contributed by atoms with Crippen LogP contribution in [0.2, 0.25) is 10.0 Å². The maximum absolute atomic E-state index is 12.8. The number of anilines is 1. The lowest BCUT2D eigenvalue weighted by Gasteiger charge is -2.09. The molecule has 1 N–H and O–H groups in total. The van der Waals surface area contributed by atoms with E-state index in [1.165, 1.54) is 23.6 Å². The average Bonchev–Trinajstić information content (AvgIpc) is 3.51. The monoisotopic (exact) mass is 492 g/mol. The third-order valence-electron chi connectivity index (χ3n) is 4.99. The lowest BCUT2D eigenvalue weighted by Crippen LogP contribution is -2.11. The number of nitrogens with one attached hydrogen (secondary N) is 1. The highest BCUT2D eigenvalue weighted by molar-refractivity contribution is 7.12. The molecular formula is C24H14Cl2N4O2S. The van der Waals surface area contributed by atoms with Crippen LogP contribution in [0, 0.1) is 0 Å². The van der Waals surface area contributed by atoms with Crippen molar-refractivity contribution in [2.45, 2.75) is 0 Å². The van der Waals surface area contributed by atoms with Crippen LogP contribution < -0.4 is 5.32 Å². The van der Waals surface area contributed by atoms with Crippen molar-refractivity contribution in [2.75, 3.05) is 5.32 Å². The molecule has 0 saturated heterocycles. The van der Waals surface area contributed by atoms with Crippen molar-refractivity contribution in [3.63, 3.8) is 0 Å². The standard InChI is InChI=1S/C24H14Cl2N4O2S/c25-18-7-6-15(12-19(18)26)24(32)29-16-4-1-3-14(11-16)20-8-9-27-23-17(13-28-30(20)23)22(31)21-5-2-10-33-21/h1-13H,(H,29,32). The van der Waals surface area contributed by atoms with Crippen molar-refractivity contribution in [3.05, 3.63) is 104 Å². The predicted octanol–water partition coefficient (Wildman–Crippen LogP) is 6.25. The quantitative estimate of drug-likeness (QED) is 0.294. The highest BCUT2D eigenvalue weighted by Gasteiger charge is 2.18. The maximum Gasteiger partial charge on any atom is 0.255 e. The van der Waals surface area contributed by atoms with Crippen LogP contribution in [0.1, 0.15) is 25.6 Å². The number of nitrogens with zero attached hydrogens (tertiary/aromatic N) is 3. The number of carbonyl (C=O) groups is 2. The molecule has 33 heavy (non-hydrogen) atoms. The normalized spacial score (nSPS) is 11.0. The van der Waals surface area contributed by atoms with Crippen LogP contribution in [-0.4, -0.2) is 26.3 Å². The van der Waals surface area contributed by atoms with Crippen LogP contribution in [0.4, 0.5) is 5.69 Å². The topological polar surface area (TPSA) is 76.4 Å². The lowest BCUT2D eigenvalue weighted by atomic mass is 10.1. The van der Waals surface area contributed by atoms with Gasteiger partial charge < -0.3 is 5.32 Å². The van der Waals surface area contributed by atoms with E-state index in [1.54, 1.807) is 41.0 Å². The van der Waals surface area contributed by atoms with Gasteiger partial charge in [-0.15, -0.1) is 11.3 Å². The average molecular weight is 493 g/mol. The first-order valence-corrected chi connectivity index (χ1v) is 11.4. The maximum atomic E-state index is 12.8. The number of rotatable bonds is 5. The van der Waals surface area contributed by atoms with Crippen molar-refractivity contribution in [2.24, 2.45) is 0 Å². The Balaban J connectivity index is 1.47. The molecule has 2 aromatic carbocycles. The summed E-state index contributed by atoms with van der Waals surface area (Å²) in [7, 11) is 0. The van der Waals surface area contributed by atoms with E-state index in [9.17, 15) is 9.59 Å². The van der Waals surface area contributed by atoms with E-state index in [1.807, 2.05) is 29.6 Å². The number of thiophene rings is 1. The van der Waals surface area contributed by atoms with Gasteiger partial charge in [0.2, 0.25) is 5.78 Å². The highest BCUT2D eigenvalue weighted by atomic mass is 35.5. The third-order valence-corrected chi connectivity index (χ3v) is 6.60. The molecule has 0 spiro atoms. The first kappa shape index (κ1) is 21.3. The van der Waals surface area contributed by atoms with Crippen LogP contribution in [0.5, 0.6) is 0 Å². The van der Waals surface area contributed by atoms with Crippen molar-refractivity contribution in [1.29, 1.82) is 0 Å². The number of benzene rings is 2. The first-order valence-electron chi connectivity index (χ1n) is 9.79. The highest BCUT2D eigenvalue weighted by Crippen LogP contribution is 2.27. The van der Waals surface area contributed by atoms with Gasteiger partial charge in [-0.3, -0.25) is 9.59 Å². The molecule has 0 radical (unpaired) electrons. The summed E-state index contributed by atoms with van der Waals surface area (Å²) in [6, 6.07) is 17.5. The Morgan fingerprint density at radius 1 is 0.970 bits per heavy atom. The Morgan fingerprint density at radius 3 is 2.64 bits per heavy atom. The van der Waals surface area contributed by atoms with Gasteiger partial charge in [-0.2, -0.15) is 5.10 Å². The van der Waals surface area contributed by atoms with Crippen molar-refractivity contribution in [1.82, 2.24) is 14.6 Å². The Morgan fingerprint density at radius 2 is 1.85 bits per heavy atom. The summed E-state index contributed by atoms with van der Waals surface area (Å²) in [6.07, 6.45) is 3.17. The first-order chi connectivity index (χ1) is 16.0. The van der Waals surface area contributed by atoms with Crippen molar-refractivity contribution >= 4 is 57.6 Å². The summed E-state index contributed by atoms with van der Waals surface area (Å²) in [6.45, 7) is 0. The number of carbonyl (C=O) groups excluding carboxylic acids is 2. The van der Waals surface area contributed by atoms with E-state index in [2.05, 4.69) is 15.4 Å². The number of ketones is 1. The van der Waals surface area contributed by atoms with Gasteiger partial charge in [0, 0.05) is 23.0 Å². The molecule has 0 saturated carbocycles. The molecule has 6 nitrogen and oxygen atoms in total. The Labute approximate surface area is 202 Å². The number of hydrogen-bond acceptors (Lipinski definition) is 5. The molecule has 0 aliphatic rings. The largest absolute Gasteiger partial charge is 0.322 e. The van der Waals surface area contributed by atoms with E-state index >= 15 is 0 Å². The molecule has 5 rings (SSSR count). The van der Waals surface area contributed by atoms with Gasteiger partial charge in [-0.05, 0) is 47.8 Å². The molecule has 0 aliphatic carbocycles. The number of hydrogen-bond donors (Lipinski definition) is 1. The summed E-state index contributed by atoms with van der Waals surface area (Å²) in [5.41, 5.74) is 3.42. The number of halogens is 2. The Hall–Kier alpha value is -3.52. The van der Waals surface area contributed by atoms with Gasteiger partial charge in [0.05, 0.1) is 32.4 Å². The molecule has 3 aromatic heterocycles. The molecule has 0 fully saturated rings. The minimum Gasteiger partial charge on any atom is -0.322 e. The zero-order chi connectivity index (χ0) is 22.9. The summed E-state index contributed by atoms with van der Waals surface area (Å²) >= 11 is 13.3. The van der Waals surface area contributed by atoms with E-state index < -0.39 is 0 Å². The molecule has 1 amide bonds. The molecule has 5 aromatic rings. The Bertz CT molecular complexity index is 1510. The number of fused-ring (bicyclic) bond motifs is 1. The minimum atomic E-state index is -0.312. The summed E-state index contributed by atoms with van der Waals surface area (Å²) in [5, 5.41) is 9.82. The molecule has 3 heterocycles. The van der Waals surface area contributed by atoms with Gasteiger partial charge in [0.25, 0.3) is 5.91 Å². The van der Waals surface area contributed by atoms with Crippen LogP contribution in [-0.2, 0) is 0 Å². The molecule has 0 aliphatic heterocycles. The van der Waals surface area contributed by atoms with Gasteiger partial charge in [-0.25, -0.2) is 9.50 Å². The zero-order valence-corrected chi connectivity index (χ0v) is 19.2. The van der Waals surface area contributed by atoms with Crippen LogP contribution in [0.15, 0.2) is 78.4 Å². The van der Waals surface area contributed by atoms with Crippen LogP contribution >= 0.6 is 34.5 Å². The van der Waals surface area contributed by atoms with E-state index in [0.717, 1.165) is 11.3 Å². The third kappa shape index (κ3) is 4.14. The summed E-state index contributed by atoms with van der Waals surface area (Å²) < 4.78 is 1.63. The van der Waals surface area contributed by atoms with Gasteiger partial charge in [0.15, 0.2) is 5.65 Å². The number of aromatic nitrogens is 3. The fourth-order valence-electron chi connectivity index (χ4n) is 3.41. The van der Waals surface area contributed by atoms with Crippen molar-refractivity contribution in [3.8, 4) is 11.3 Å². The fourth-order valence-corrected chi connectivity index (χ4v) is 4.38. The summed E-state index contributed by atoms with van der Waals surface area (Å²) in [4.78, 5) is 30.5. The van der Waals surface area contributed by atoms with Gasteiger partial charge in [0.1, 0.15) is 0 Å². The van der Waals surface area contributed by atoms with E-state index in [0.29, 0.717) is 37.4 Å². The fraction of sp³-hybridized carbons (Fsp3) is 0. The second-order valence-corrected chi connectivity index (χ2v) is 8.86. The van der Waals surface area contributed by atoms with E-state index in [-0.39, 0.29) is 11.7 Å². The molecule has 0 unspecified atom stereocenters. The second kappa shape index (κ2) is 8.78. The predicted molar refractivity (Wildman–Crippen MR) is 131 cm³/mol. The SMILES string of the molecule is O=C(Nc1cccc(-c2ccnc3c(C(=O)c4cccs4)cnn23)c1)c1ccc(Cl)c(Cl)c1.